The largest absolute Gasteiger partial charge is 0.350 e. The first-order valence-electron chi connectivity index (χ1n) is 6.86. The highest BCUT2D eigenvalue weighted by atomic mass is 32.2. The fourth-order valence-corrected chi connectivity index (χ4v) is 3.18. The molecule has 2 amide bonds. The SMILES string of the molecule is Cc1ccc(C)c(CSc2ccccc2N(N)C(=O)NN)c1. The fourth-order valence-electron chi connectivity index (χ4n) is 2.07. The van der Waals surface area contributed by atoms with E-state index in [4.69, 9.17) is 11.7 Å². The van der Waals surface area contributed by atoms with Gasteiger partial charge in [-0.2, -0.15) is 0 Å². The average molecular weight is 316 g/mol. The molecule has 0 aromatic heterocycles. The minimum absolute atomic E-state index is 0.556. The van der Waals surface area contributed by atoms with Crippen molar-refractivity contribution in [1.82, 2.24) is 5.43 Å². The van der Waals surface area contributed by atoms with Gasteiger partial charge in [0.05, 0.1) is 5.69 Å². The van der Waals surface area contributed by atoms with Gasteiger partial charge in [0.1, 0.15) is 0 Å². The fraction of sp³-hybridized carbons (Fsp3) is 0.188. The van der Waals surface area contributed by atoms with Crippen LogP contribution in [0.25, 0.3) is 0 Å². The van der Waals surface area contributed by atoms with E-state index in [9.17, 15) is 4.79 Å². The van der Waals surface area contributed by atoms with Crippen molar-refractivity contribution in [3.63, 3.8) is 0 Å². The summed E-state index contributed by atoms with van der Waals surface area (Å²) in [5.74, 6) is 11.7. The molecular weight excluding hydrogens is 296 g/mol. The summed E-state index contributed by atoms with van der Waals surface area (Å²) in [4.78, 5) is 12.5. The van der Waals surface area contributed by atoms with E-state index in [1.54, 1.807) is 17.8 Å². The summed E-state index contributed by atoms with van der Waals surface area (Å²) in [6.07, 6.45) is 0. The zero-order valence-corrected chi connectivity index (χ0v) is 13.5. The second kappa shape index (κ2) is 7.31. The van der Waals surface area contributed by atoms with E-state index in [1.807, 2.05) is 23.6 Å². The highest BCUT2D eigenvalue weighted by Gasteiger charge is 2.14. The number of rotatable bonds is 4. The molecule has 0 spiro atoms. The number of para-hydroxylation sites is 1. The number of anilines is 1. The zero-order chi connectivity index (χ0) is 16.1. The Morgan fingerprint density at radius 1 is 1.23 bits per heavy atom. The standard InChI is InChI=1S/C16H20N4OS/c1-11-7-8-12(2)13(9-11)10-22-15-6-4-3-5-14(15)20(18)16(21)19-17/h3-9H,10,17-18H2,1-2H3,(H,19,21). The van der Waals surface area contributed by atoms with Crippen LogP contribution in [0.1, 0.15) is 16.7 Å². The van der Waals surface area contributed by atoms with E-state index in [2.05, 4.69) is 32.0 Å². The van der Waals surface area contributed by atoms with Crippen LogP contribution in [0.15, 0.2) is 47.4 Å². The highest BCUT2D eigenvalue weighted by molar-refractivity contribution is 7.98. The van der Waals surface area contributed by atoms with Crippen LogP contribution >= 0.6 is 11.8 Å². The number of carbonyl (C=O) groups excluding carboxylic acids is 1. The van der Waals surface area contributed by atoms with Crippen molar-refractivity contribution in [2.24, 2.45) is 11.7 Å². The molecule has 0 heterocycles. The van der Waals surface area contributed by atoms with Gasteiger partial charge >= 0.3 is 6.03 Å². The summed E-state index contributed by atoms with van der Waals surface area (Å²) in [5, 5.41) is 1.02. The number of benzene rings is 2. The van der Waals surface area contributed by atoms with Crippen molar-refractivity contribution in [2.75, 3.05) is 5.01 Å². The number of nitrogens with two attached hydrogens (primary N) is 2. The Balaban J connectivity index is 2.20. The lowest BCUT2D eigenvalue weighted by molar-refractivity contribution is 0.246. The molecule has 22 heavy (non-hydrogen) atoms. The summed E-state index contributed by atoms with van der Waals surface area (Å²) in [6.45, 7) is 4.17. The van der Waals surface area contributed by atoms with Gasteiger partial charge in [-0.1, -0.05) is 35.9 Å². The number of hydrogen-bond acceptors (Lipinski definition) is 4. The molecule has 0 aliphatic carbocycles. The number of thioether (sulfide) groups is 1. The molecule has 0 saturated heterocycles. The van der Waals surface area contributed by atoms with Crippen molar-refractivity contribution in [2.45, 2.75) is 24.5 Å². The van der Waals surface area contributed by atoms with Gasteiger partial charge in [0.15, 0.2) is 0 Å². The first kappa shape index (κ1) is 16.4. The van der Waals surface area contributed by atoms with Crippen LogP contribution in [0.4, 0.5) is 10.5 Å². The molecule has 2 aromatic carbocycles. The topological polar surface area (TPSA) is 84.4 Å². The maximum atomic E-state index is 11.6. The first-order chi connectivity index (χ1) is 10.5. The van der Waals surface area contributed by atoms with Crippen molar-refractivity contribution >= 4 is 23.5 Å². The molecule has 0 aliphatic heterocycles. The Kier molecular flexibility index (Phi) is 5.43. The van der Waals surface area contributed by atoms with Crippen LogP contribution in [0.5, 0.6) is 0 Å². The lowest BCUT2D eigenvalue weighted by Gasteiger charge is -2.19. The molecule has 0 atom stereocenters. The van der Waals surface area contributed by atoms with Crippen LogP contribution in [-0.2, 0) is 5.75 Å². The quantitative estimate of drug-likeness (QED) is 0.350. The van der Waals surface area contributed by atoms with E-state index < -0.39 is 6.03 Å². The van der Waals surface area contributed by atoms with Crippen LogP contribution < -0.4 is 22.1 Å². The molecule has 0 fully saturated rings. The molecule has 0 aliphatic rings. The number of nitrogens with one attached hydrogen (secondary N) is 1. The van der Waals surface area contributed by atoms with Gasteiger partial charge in [0, 0.05) is 10.6 Å². The molecule has 5 nitrogen and oxygen atoms in total. The van der Waals surface area contributed by atoms with E-state index in [0.29, 0.717) is 5.69 Å². The number of hydrogen-bond donors (Lipinski definition) is 3. The lowest BCUT2D eigenvalue weighted by atomic mass is 10.1. The number of carbonyl (C=O) groups is 1. The number of aryl methyl sites for hydroxylation is 2. The molecule has 2 rings (SSSR count). The molecule has 0 radical (unpaired) electrons. The van der Waals surface area contributed by atoms with Crippen molar-refractivity contribution in [3.8, 4) is 0 Å². The van der Waals surface area contributed by atoms with Crippen molar-refractivity contribution < 1.29 is 4.79 Å². The third-order valence-corrected chi connectivity index (χ3v) is 4.47. The summed E-state index contributed by atoms with van der Waals surface area (Å²) >= 11 is 1.64. The first-order valence-corrected chi connectivity index (χ1v) is 7.85. The van der Waals surface area contributed by atoms with Gasteiger partial charge in [0.25, 0.3) is 0 Å². The van der Waals surface area contributed by atoms with E-state index in [-0.39, 0.29) is 0 Å². The van der Waals surface area contributed by atoms with Gasteiger partial charge in [0.2, 0.25) is 0 Å². The molecule has 116 valence electrons. The molecule has 0 saturated carbocycles. The second-order valence-corrected chi connectivity index (χ2v) is 6.02. The average Bonchev–Trinajstić information content (AvgIpc) is 2.54. The van der Waals surface area contributed by atoms with E-state index >= 15 is 0 Å². The molecule has 6 heteroatoms. The smallest absolute Gasteiger partial charge is 0.274 e. The lowest BCUT2D eigenvalue weighted by Crippen LogP contribution is -2.47. The number of hydrazine groups is 2. The van der Waals surface area contributed by atoms with E-state index in [0.717, 1.165) is 15.7 Å². The van der Waals surface area contributed by atoms with Crippen LogP contribution in [0.2, 0.25) is 0 Å². The Bertz CT molecular complexity index is 675. The molecule has 0 bridgehead atoms. The molecule has 2 aromatic rings. The number of amides is 2. The summed E-state index contributed by atoms with van der Waals surface area (Å²) < 4.78 is 0. The number of urea groups is 1. The van der Waals surface area contributed by atoms with Crippen LogP contribution in [0, 0.1) is 13.8 Å². The Morgan fingerprint density at radius 3 is 2.68 bits per heavy atom. The van der Waals surface area contributed by atoms with E-state index in [1.165, 1.54) is 16.7 Å². The van der Waals surface area contributed by atoms with Crippen LogP contribution in [0.3, 0.4) is 0 Å². The Hall–Kier alpha value is -2.02. The minimum atomic E-state index is -0.556. The van der Waals surface area contributed by atoms with Gasteiger partial charge in [-0.15, -0.1) is 11.8 Å². The second-order valence-electron chi connectivity index (χ2n) is 5.01. The normalized spacial score (nSPS) is 10.4. The molecule has 5 N–H and O–H groups in total. The Morgan fingerprint density at radius 2 is 1.95 bits per heavy atom. The summed E-state index contributed by atoms with van der Waals surface area (Å²) in [5.41, 5.74) is 6.41. The predicted molar refractivity (Wildman–Crippen MR) is 91.3 cm³/mol. The van der Waals surface area contributed by atoms with Gasteiger partial charge in [-0.25, -0.2) is 21.5 Å². The zero-order valence-electron chi connectivity index (χ0n) is 12.7. The molecular formula is C16H20N4OS. The summed E-state index contributed by atoms with van der Waals surface area (Å²) in [7, 11) is 0. The summed E-state index contributed by atoms with van der Waals surface area (Å²) in [6, 6.07) is 13.3. The maximum absolute atomic E-state index is 11.6. The van der Waals surface area contributed by atoms with Crippen LogP contribution in [-0.4, -0.2) is 6.03 Å². The van der Waals surface area contributed by atoms with Crippen molar-refractivity contribution in [1.29, 1.82) is 0 Å². The highest BCUT2D eigenvalue weighted by Crippen LogP contribution is 2.32. The number of nitrogens with zero attached hydrogens (tertiary/aromatic N) is 1. The van der Waals surface area contributed by atoms with Crippen molar-refractivity contribution in [3.05, 3.63) is 59.2 Å². The minimum Gasteiger partial charge on any atom is -0.274 e. The van der Waals surface area contributed by atoms with Gasteiger partial charge in [-0.3, -0.25) is 5.43 Å². The van der Waals surface area contributed by atoms with Gasteiger partial charge in [-0.05, 0) is 37.1 Å². The third-order valence-electron chi connectivity index (χ3n) is 3.35. The van der Waals surface area contributed by atoms with Gasteiger partial charge < -0.3 is 0 Å². The Labute approximate surface area is 134 Å². The predicted octanol–water partition coefficient (Wildman–Crippen LogP) is 2.86. The third kappa shape index (κ3) is 3.79. The monoisotopic (exact) mass is 316 g/mol. The maximum Gasteiger partial charge on any atom is 0.350 e. The molecule has 0 unspecified atom stereocenters.